The number of hydrogen-bond acceptors (Lipinski definition) is 4. The molecule has 0 saturated heterocycles. The Morgan fingerprint density at radius 3 is 2.43 bits per heavy atom. The summed E-state index contributed by atoms with van der Waals surface area (Å²) in [7, 11) is 0. The summed E-state index contributed by atoms with van der Waals surface area (Å²) in [6.07, 6.45) is 8.45. The van der Waals surface area contributed by atoms with Crippen molar-refractivity contribution in [2.75, 3.05) is 0 Å². The molecule has 0 spiro atoms. The molecule has 0 aliphatic heterocycles. The van der Waals surface area contributed by atoms with Gasteiger partial charge < -0.3 is 10.3 Å². The van der Waals surface area contributed by atoms with Gasteiger partial charge in [-0.15, -0.1) is 0 Å². The highest BCUT2D eigenvalue weighted by Crippen LogP contribution is 2.32. The molecule has 1 aliphatic rings. The third-order valence-electron chi connectivity index (χ3n) is 4.38. The quantitative estimate of drug-likeness (QED) is 0.875. The lowest BCUT2D eigenvalue weighted by Crippen LogP contribution is -2.37. The Hall–Kier alpha value is -1.68. The summed E-state index contributed by atoms with van der Waals surface area (Å²) in [6.45, 7) is 0. The van der Waals surface area contributed by atoms with E-state index in [1.807, 2.05) is 6.07 Å². The molecule has 21 heavy (non-hydrogen) atoms. The molecule has 2 N–H and O–H groups in total. The van der Waals surface area contributed by atoms with E-state index in [0.29, 0.717) is 11.7 Å². The first-order chi connectivity index (χ1) is 10.3. The van der Waals surface area contributed by atoms with Gasteiger partial charge >= 0.3 is 0 Å². The van der Waals surface area contributed by atoms with Crippen LogP contribution in [-0.4, -0.2) is 10.1 Å². The molecule has 1 aromatic carbocycles. The average molecular weight is 285 g/mol. The van der Waals surface area contributed by atoms with Crippen molar-refractivity contribution in [2.24, 2.45) is 5.73 Å². The van der Waals surface area contributed by atoms with E-state index in [-0.39, 0.29) is 5.54 Å². The smallest absolute Gasteiger partial charge is 0.227 e. The molecule has 0 unspecified atom stereocenters. The molecule has 0 amide bonds. The van der Waals surface area contributed by atoms with Crippen molar-refractivity contribution in [2.45, 2.75) is 56.9 Å². The fraction of sp³-hybridized carbons (Fsp3) is 0.529. The summed E-state index contributed by atoms with van der Waals surface area (Å²) in [5.74, 6) is 1.40. The van der Waals surface area contributed by atoms with Crippen LogP contribution in [0.3, 0.4) is 0 Å². The minimum absolute atomic E-state index is 0.384. The first-order valence-corrected chi connectivity index (χ1v) is 7.92. The predicted octanol–water partition coefficient (Wildman–Crippen LogP) is 3.36. The van der Waals surface area contributed by atoms with Gasteiger partial charge in [0.15, 0.2) is 5.82 Å². The van der Waals surface area contributed by atoms with Crippen LogP contribution in [0.4, 0.5) is 0 Å². The van der Waals surface area contributed by atoms with E-state index in [4.69, 9.17) is 10.3 Å². The lowest BCUT2D eigenvalue weighted by atomic mass is 9.91. The van der Waals surface area contributed by atoms with Gasteiger partial charge in [0.25, 0.3) is 0 Å². The van der Waals surface area contributed by atoms with E-state index in [0.717, 1.165) is 38.5 Å². The second-order valence-corrected chi connectivity index (χ2v) is 6.07. The fourth-order valence-electron chi connectivity index (χ4n) is 3.04. The first-order valence-electron chi connectivity index (χ1n) is 7.92. The van der Waals surface area contributed by atoms with Crippen LogP contribution in [0.25, 0.3) is 0 Å². The molecule has 4 heteroatoms. The number of aryl methyl sites for hydroxylation is 2. The molecular formula is C17H23N3O. The number of nitrogens with zero attached hydrogens (tertiary/aromatic N) is 2. The van der Waals surface area contributed by atoms with Crippen LogP contribution in [0.2, 0.25) is 0 Å². The van der Waals surface area contributed by atoms with Crippen LogP contribution in [0, 0.1) is 0 Å². The topological polar surface area (TPSA) is 64.9 Å². The minimum atomic E-state index is -0.384. The van der Waals surface area contributed by atoms with Crippen molar-refractivity contribution in [1.29, 1.82) is 0 Å². The van der Waals surface area contributed by atoms with Crippen molar-refractivity contribution < 1.29 is 4.52 Å². The van der Waals surface area contributed by atoms with Gasteiger partial charge in [0.1, 0.15) is 0 Å². The fourth-order valence-corrected chi connectivity index (χ4v) is 3.04. The van der Waals surface area contributed by atoms with Crippen LogP contribution in [0.15, 0.2) is 34.9 Å². The number of hydrogen-bond donors (Lipinski definition) is 1. The van der Waals surface area contributed by atoms with Gasteiger partial charge in [0.05, 0.1) is 5.54 Å². The van der Waals surface area contributed by atoms with Crippen molar-refractivity contribution in [1.82, 2.24) is 10.1 Å². The van der Waals surface area contributed by atoms with E-state index in [9.17, 15) is 0 Å². The van der Waals surface area contributed by atoms with Crippen molar-refractivity contribution in [3.63, 3.8) is 0 Å². The summed E-state index contributed by atoms with van der Waals surface area (Å²) < 4.78 is 5.40. The van der Waals surface area contributed by atoms with Crippen LogP contribution < -0.4 is 5.73 Å². The molecule has 1 aromatic heterocycles. The molecule has 0 atom stereocenters. The van der Waals surface area contributed by atoms with Crippen LogP contribution in [-0.2, 0) is 18.4 Å². The Kier molecular flexibility index (Phi) is 4.34. The van der Waals surface area contributed by atoms with E-state index in [1.165, 1.54) is 18.4 Å². The van der Waals surface area contributed by atoms with Gasteiger partial charge in [0.2, 0.25) is 5.89 Å². The van der Waals surface area contributed by atoms with Crippen LogP contribution in [0.1, 0.15) is 55.8 Å². The van der Waals surface area contributed by atoms with E-state index < -0.39 is 0 Å². The summed E-state index contributed by atoms with van der Waals surface area (Å²) in [6, 6.07) is 10.4. The molecule has 1 saturated carbocycles. The normalized spacial score (nSPS) is 18.3. The van der Waals surface area contributed by atoms with Gasteiger partial charge in [-0.3, -0.25) is 0 Å². The molecule has 3 rings (SSSR count). The van der Waals surface area contributed by atoms with Gasteiger partial charge in [-0.2, -0.15) is 4.98 Å². The van der Waals surface area contributed by atoms with Gasteiger partial charge in [0, 0.05) is 6.42 Å². The Morgan fingerprint density at radius 2 is 1.71 bits per heavy atom. The highest BCUT2D eigenvalue weighted by atomic mass is 16.5. The molecule has 0 bridgehead atoms. The third-order valence-corrected chi connectivity index (χ3v) is 4.38. The number of rotatable bonds is 4. The standard InChI is InChI=1S/C17H23N3O/c18-17(12-6-1-2-7-13-17)16-19-15(21-20-16)11-10-14-8-4-3-5-9-14/h3-5,8-9H,1-2,6-7,10-13,18H2. The molecule has 2 aromatic rings. The highest BCUT2D eigenvalue weighted by molar-refractivity contribution is 5.15. The maximum absolute atomic E-state index is 6.52. The van der Waals surface area contributed by atoms with Crippen molar-refractivity contribution >= 4 is 0 Å². The zero-order valence-electron chi connectivity index (χ0n) is 12.4. The van der Waals surface area contributed by atoms with Gasteiger partial charge in [-0.1, -0.05) is 61.2 Å². The average Bonchev–Trinajstić information content (AvgIpc) is 2.89. The molecule has 1 aliphatic carbocycles. The first kappa shape index (κ1) is 14.3. The summed E-state index contributed by atoms with van der Waals surface area (Å²) >= 11 is 0. The summed E-state index contributed by atoms with van der Waals surface area (Å²) in [5.41, 5.74) is 7.42. The second kappa shape index (κ2) is 6.39. The Balaban J connectivity index is 1.65. The Labute approximate surface area is 125 Å². The zero-order valence-corrected chi connectivity index (χ0v) is 12.4. The number of benzene rings is 1. The number of nitrogens with two attached hydrogens (primary N) is 1. The van der Waals surface area contributed by atoms with E-state index >= 15 is 0 Å². The van der Waals surface area contributed by atoms with Crippen molar-refractivity contribution in [3.8, 4) is 0 Å². The van der Waals surface area contributed by atoms with Gasteiger partial charge in [-0.25, -0.2) is 0 Å². The SMILES string of the molecule is NC1(c2noc(CCc3ccccc3)n2)CCCCCC1. The zero-order chi connectivity index (χ0) is 14.5. The second-order valence-electron chi connectivity index (χ2n) is 6.07. The Bertz CT molecular complexity index is 556. The molecule has 1 heterocycles. The van der Waals surface area contributed by atoms with Crippen LogP contribution >= 0.6 is 0 Å². The maximum atomic E-state index is 6.52. The molecule has 1 fully saturated rings. The minimum Gasteiger partial charge on any atom is -0.339 e. The lowest BCUT2D eigenvalue weighted by molar-refractivity contribution is 0.324. The van der Waals surface area contributed by atoms with Crippen LogP contribution in [0.5, 0.6) is 0 Å². The highest BCUT2D eigenvalue weighted by Gasteiger charge is 2.33. The predicted molar refractivity (Wildman–Crippen MR) is 81.7 cm³/mol. The monoisotopic (exact) mass is 285 g/mol. The largest absolute Gasteiger partial charge is 0.339 e. The Morgan fingerprint density at radius 1 is 1.00 bits per heavy atom. The third kappa shape index (κ3) is 3.50. The maximum Gasteiger partial charge on any atom is 0.227 e. The van der Waals surface area contributed by atoms with Crippen molar-refractivity contribution in [3.05, 3.63) is 47.6 Å². The van der Waals surface area contributed by atoms with Gasteiger partial charge in [-0.05, 0) is 24.8 Å². The number of aromatic nitrogens is 2. The van der Waals surface area contributed by atoms with E-state index in [1.54, 1.807) is 0 Å². The molecule has 112 valence electrons. The summed E-state index contributed by atoms with van der Waals surface area (Å²) in [5, 5.41) is 4.15. The van der Waals surface area contributed by atoms with E-state index in [2.05, 4.69) is 34.4 Å². The lowest BCUT2D eigenvalue weighted by Gasteiger charge is -2.23. The molecule has 4 nitrogen and oxygen atoms in total. The molecular weight excluding hydrogens is 262 g/mol. The summed E-state index contributed by atoms with van der Waals surface area (Å²) in [4.78, 5) is 4.56. The molecule has 0 radical (unpaired) electrons.